The van der Waals surface area contributed by atoms with Crippen LogP contribution < -0.4 is 0 Å². The molecule has 0 aliphatic carbocycles. The van der Waals surface area contributed by atoms with E-state index in [1.54, 1.807) is 0 Å². The van der Waals surface area contributed by atoms with Crippen molar-refractivity contribution in [3.8, 4) is 11.1 Å². The fourth-order valence-corrected chi connectivity index (χ4v) is 2.33. The van der Waals surface area contributed by atoms with Gasteiger partial charge in [0.2, 0.25) is 0 Å². The highest BCUT2D eigenvalue weighted by Crippen LogP contribution is 2.34. The third-order valence-electron chi connectivity index (χ3n) is 2.69. The summed E-state index contributed by atoms with van der Waals surface area (Å²) < 4.78 is 0. The quantitative estimate of drug-likeness (QED) is 0.647. The zero-order valence-corrected chi connectivity index (χ0v) is 10.7. The zero-order valence-electron chi connectivity index (χ0n) is 9.22. The molecule has 0 bridgehead atoms. The lowest BCUT2D eigenvalue weighted by atomic mass is 9.97. The van der Waals surface area contributed by atoms with Gasteiger partial charge in [-0.1, -0.05) is 41.4 Å². The maximum absolute atomic E-state index is 6.25. The normalized spacial score (nSPS) is 10.5. The summed E-state index contributed by atoms with van der Waals surface area (Å²) in [5, 5.41) is 1.50. The summed E-state index contributed by atoms with van der Waals surface area (Å²) in [7, 11) is 0. The molecule has 82 valence electrons. The Kier molecular flexibility index (Phi) is 3.22. The second-order valence-electron chi connectivity index (χ2n) is 3.89. The van der Waals surface area contributed by atoms with Crippen molar-refractivity contribution in [1.82, 2.24) is 0 Å². The van der Waals surface area contributed by atoms with Crippen LogP contribution in [-0.4, -0.2) is 0 Å². The molecule has 0 heterocycles. The van der Waals surface area contributed by atoms with Gasteiger partial charge in [-0.05, 0) is 48.7 Å². The number of benzene rings is 2. The lowest BCUT2D eigenvalue weighted by molar-refractivity contribution is 1.41. The summed E-state index contributed by atoms with van der Waals surface area (Å²) >= 11 is 12.3. The van der Waals surface area contributed by atoms with Crippen LogP contribution in [0.25, 0.3) is 11.1 Å². The molecule has 0 amide bonds. The Morgan fingerprint density at radius 1 is 0.875 bits per heavy atom. The Hall–Kier alpha value is -0.980. The monoisotopic (exact) mass is 250 g/mol. The third-order valence-corrected chi connectivity index (χ3v) is 3.24. The minimum atomic E-state index is 0.736. The number of rotatable bonds is 1. The number of hydrogen-bond acceptors (Lipinski definition) is 0. The van der Waals surface area contributed by atoms with E-state index in [4.69, 9.17) is 23.2 Å². The summed E-state index contributed by atoms with van der Waals surface area (Å²) in [6, 6.07) is 11.8. The lowest BCUT2D eigenvalue weighted by Gasteiger charge is -2.11. The van der Waals surface area contributed by atoms with E-state index < -0.39 is 0 Å². The molecule has 0 aliphatic rings. The highest BCUT2D eigenvalue weighted by atomic mass is 35.5. The topological polar surface area (TPSA) is 0 Å². The molecule has 0 spiro atoms. The Balaban J connectivity index is 2.72. The first-order valence-electron chi connectivity index (χ1n) is 5.11. The Bertz CT molecular complexity index is 510. The predicted octanol–water partition coefficient (Wildman–Crippen LogP) is 5.28. The summed E-state index contributed by atoms with van der Waals surface area (Å²) in [5.41, 5.74) is 4.53. The van der Waals surface area contributed by atoms with Gasteiger partial charge < -0.3 is 0 Å². The van der Waals surface area contributed by atoms with E-state index >= 15 is 0 Å². The first-order valence-corrected chi connectivity index (χ1v) is 5.87. The van der Waals surface area contributed by atoms with Crippen LogP contribution in [0, 0.1) is 13.8 Å². The molecular weight excluding hydrogens is 239 g/mol. The molecule has 0 saturated carbocycles. The van der Waals surface area contributed by atoms with E-state index in [1.165, 1.54) is 5.56 Å². The minimum absolute atomic E-state index is 0.736. The standard InChI is InChI=1S/C14H12Cl2/c1-9-6-7-11(15)8-12(9)14-10(2)4-3-5-13(14)16/h3-8H,1-2H3. The van der Waals surface area contributed by atoms with Gasteiger partial charge in [-0.15, -0.1) is 0 Å². The molecule has 2 heteroatoms. The van der Waals surface area contributed by atoms with E-state index in [0.29, 0.717) is 0 Å². The van der Waals surface area contributed by atoms with Gasteiger partial charge in [0, 0.05) is 15.6 Å². The molecule has 0 N–H and O–H groups in total. The van der Waals surface area contributed by atoms with E-state index in [9.17, 15) is 0 Å². The van der Waals surface area contributed by atoms with Gasteiger partial charge in [-0.2, -0.15) is 0 Å². The van der Waals surface area contributed by atoms with Crippen LogP contribution in [0.4, 0.5) is 0 Å². The molecule has 0 aromatic heterocycles. The number of hydrogen-bond donors (Lipinski definition) is 0. The largest absolute Gasteiger partial charge is 0.0843 e. The van der Waals surface area contributed by atoms with E-state index in [2.05, 4.69) is 19.9 Å². The van der Waals surface area contributed by atoms with Crippen LogP contribution in [-0.2, 0) is 0 Å². The molecule has 2 aromatic carbocycles. The van der Waals surface area contributed by atoms with E-state index in [-0.39, 0.29) is 0 Å². The summed E-state index contributed by atoms with van der Waals surface area (Å²) in [5.74, 6) is 0. The average Bonchev–Trinajstić information content (AvgIpc) is 2.23. The molecule has 0 unspecified atom stereocenters. The van der Waals surface area contributed by atoms with Gasteiger partial charge >= 0.3 is 0 Å². The van der Waals surface area contributed by atoms with Crippen molar-refractivity contribution in [3.05, 3.63) is 57.6 Å². The molecule has 0 nitrogen and oxygen atoms in total. The van der Waals surface area contributed by atoms with Crippen molar-refractivity contribution in [2.45, 2.75) is 13.8 Å². The molecule has 0 aliphatic heterocycles. The van der Waals surface area contributed by atoms with Crippen molar-refractivity contribution in [2.24, 2.45) is 0 Å². The van der Waals surface area contributed by atoms with Crippen LogP contribution in [0.3, 0.4) is 0 Å². The van der Waals surface area contributed by atoms with Crippen molar-refractivity contribution in [2.75, 3.05) is 0 Å². The van der Waals surface area contributed by atoms with Gasteiger partial charge in [0.15, 0.2) is 0 Å². The summed E-state index contributed by atoms with van der Waals surface area (Å²) in [6.45, 7) is 4.12. The highest BCUT2D eigenvalue weighted by Gasteiger charge is 2.09. The number of aryl methyl sites for hydroxylation is 2. The van der Waals surface area contributed by atoms with Gasteiger partial charge in [-0.25, -0.2) is 0 Å². The Labute approximate surface area is 106 Å². The second-order valence-corrected chi connectivity index (χ2v) is 4.73. The van der Waals surface area contributed by atoms with Gasteiger partial charge in [-0.3, -0.25) is 0 Å². The molecule has 0 saturated heterocycles. The fraction of sp³-hybridized carbons (Fsp3) is 0.143. The zero-order chi connectivity index (χ0) is 11.7. The van der Waals surface area contributed by atoms with Gasteiger partial charge in [0.05, 0.1) is 0 Å². The third kappa shape index (κ3) is 2.09. The van der Waals surface area contributed by atoms with E-state index in [1.807, 2.05) is 30.3 Å². The summed E-state index contributed by atoms with van der Waals surface area (Å²) in [4.78, 5) is 0. The first-order chi connectivity index (χ1) is 7.59. The van der Waals surface area contributed by atoms with Gasteiger partial charge in [0.1, 0.15) is 0 Å². The molecule has 16 heavy (non-hydrogen) atoms. The van der Waals surface area contributed by atoms with Crippen molar-refractivity contribution < 1.29 is 0 Å². The molecule has 2 aromatic rings. The van der Waals surface area contributed by atoms with Crippen LogP contribution >= 0.6 is 23.2 Å². The van der Waals surface area contributed by atoms with Crippen molar-refractivity contribution in [3.63, 3.8) is 0 Å². The lowest BCUT2D eigenvalue weighted by Crippen LogP contribution is -1.88. The van der Waals surface area contributed by atoms with Crippen molar-refractivity contribution >= 4 is 23.2 Å². The average molecular weight is 251 g/mol. The van der Waals surface area contributed by atoms with Crippen molar-refractivity contribution in [1.29, 1.82) is 0 Å². The summed E-state index contributed by atoms with van der Waals surface area (Å²) in [6.07, 6.45) is 0. The molecular formula is C14H12Cl2. The SMILES string of the molecule is Cc1ccc(Cl)cc1-c1c(C)cccc1Cl. The Morgan fingerprint density at radius 2 is 1.62 bits per heavy atom. The van der Waals surface area contributed by atoms with Crippen LogP contribution in [0.1, 0.15) is 11.1 Å². The molecule has 0 atom stereocenters. The number of halogens is 2. The minimum Gasteiger partial charge on any atom is -0.0843 e. The molecule has 0 radical (unpaired) electrons. The Morgan fingerprint density at radius 3 is 2.31 bits per heavy atom. The highest BCUT2D eigenvalue weighted by molar-refractivity contribution is 6.34. The van der Waals surface area contributed by atoms with Gasteiger partial charge in [0.25, 0.3) is 0 Å². The maximum Gasteiger partial charge on any atom is 0.0487 e. The molecule has 0 fully saturated rings. The first kappa shape index (κ1) is 11.5. The predicted molar refractivity (Wildman–Crippen MR) is 71.4 cm³/mol. The van der Waals surface area contributed by atoms with Crippen LogP contribution in [0.15, 0.2) is 36.4 Å². The fourth-order valence-electron chi connectivity index (χ4n) is 1.84. The van der Waals surface area contributed by atoms with Crippen LogP contribution in [0.2, 0.25) is 10.0 Å². The van der Waals surface area contributed by atoms with E-state index in [0.717, 1.165) is 26.7 Å². The maximum atomic E-state index is 6.25. The van der Waals surface area contributed by atoms with Crippen LogP contribution in [0.5, 0.6) is 0 Å². The second kappa shape index (κ2) is 4.48. The molecule has 2 rings (SSSR count). The smallest absolute Gasteiger partial charge is 0.0487 e.